The van der Waals surface area contributed by atoms with Gasteiger partial charge in [-0.2, -0.15) is 0 Å². The second kappa shape index (κ2) is 4.14. The smallest absolute Gasteiger partial charge is 0.255 e. The fraction of sp³-hybridized carbons (Fsp3) is 0.0769. The van der Waals surface area contributed by atoms with Gasteiger partial charge in [-0.15, -0.1) is 6.58 Å². The Morgan fingerprint density at radius 2 is 1.88 bits per heavy atom. The van der Waals surface area contributed by atoms with E-state index in [9.17, 15) is 9.59 Å². The molecule has 0 radical (unpaired) electrons. The molecule has 1 unspecified atom stereocenters. The fourth-order valence-corrected chi connectivity index (χ4v) is 1.76. The first kappa shape index (κ1) is 10.4. The Bertz CT molecular complexity index is 474. The molecule has 0 fully saturated rings. The summed E-state index contributed by atoms with van der Waals surface area (Å²) in [6, 6.07) is 9.49. The van der Waals surface area contributed by atoms with E-state index in [1.54, 1.807) is 6.08 Å². The van der Waals surface area contributed by atoms with Gasteiger partial charge in [0.05, 0.1) is 0 Å². The zero-order valence-corrected chi connectivity index (χ0v) is 8.64. The molecule has 1 aliphatic heterocycles. The van der Waals surface area contributed by atoms with Crippen molar-refractivity contribution in [1.29, 1.82) is 0 Å². The van der Waals surface area contributed by atoms with Crippen LogP contribution in [-0.4, -0.2) is 11.8 Å². The van der Waals surface area contributed by atoms with E-state index in [1.807, 2.05) is 30.3 Å². The van der Waals surface area contributed by atoms with Gasteiger partial charge in [-0.05, 0) is 5.56 Å². The molecule has 0 saturated heterocycles. The van der Waals surface area contributed by atoms with Gasteiger partial charge in [0.15, 0.2) is 0 Å². The van der Waals surface area contributed by atoms with Gasteiger partial charge >= 0.3 is 0 Å². The summed E-state index contributed by atoms with van der Waals surface area (Å²) in [5.74, 6) is -0.922. The van der Waals surface area contributed by atoms with Crippen LogP contribution in [0.5, 0.6) is 0 Å². The third-order valence-electron chi connectivity index (χ3n) is 2.51. The predicted octanol–water partition coefficient (Wildman–Crippen LogP) is 1.54. The second-order valence-corrected chi connectivity index (χ2v) is 3.54. The number of allylic oxidation sites excluding steroid dienone is 1. The summed E-state index contributed by atoms with van der Waals surface area (Å²) in [4.78, 5) is 22.6. The van der Waals surface area contributed by atoms with Crippen LogP contribution in [0, 0.1) is 0 Å². The van der Waals surface area contributed by atoms with Crippen molar-refractivity contribution in [3.05, 3.63) is 60.2 Å². The lowest BCUT2D eigenvalue weighted by molar-refractivity contribution is -0.123. The van der Waals surface area contributed by atoms with Crippen LogP contribution in [0.3, 0.4) is 0 Å². The highest BCUT2D eigenvalue weighted by Gasteiger charge is 2.26. The van der Waals surface area contributed by atoms with Crippen molar-refractivity contribution in [2.75, 3.05) is 0 Å². The van der Waals surface area contributed by atoms with E-state index in [0.29, 0.717) is 5.57 Å². The van der Waals surface area contributed by atoms with Crippen LogP contribution in [0.25, 0.3) is 0 Å². The molecule has 0 aromatic heterocycles. The Hall–Kier alpha value is -2.16. The Kier molecular flexibility index (Phi) is 2.68. The van der Waals surface area contributed by atoms with Gasteiger partial charge in [0.25, 0.3) is 11.8 Å². The summed E-state index contributed by atoms with van der Waals surface area (Å²) in [5.41, 5.74) is 1.40. The number of imide groups is 1. The molecule has 80 valence electrons. The van der Waals surface area contributed by atoms with Crippen molar-refractivity contribution in [3.8, 4) is 0 Å². The molecule has 1 aromatic carbocycles. The van der Waals surface area contributed by atoms with Crippen LogP contribution in [0.15, 0.2) is 54.6 Å². The molecule has 2 rings (SSSR count). The minimum atomic E-state index is -0.359. The maximum atomic E-state index is 11.5. The topological polar surface area (TPSA) is 46.2 Å². The highest BCUT2D eigenvalue weighted by Crippen LogP contribution is 2.27. The number of hydrogen-bond acceptors (Lipinski definition) is 2. The monoisotopic (exact) mass is 213 g/mol. The summed E-state index contributed by atoms with van der Waals surface area (Å²) in [6.45, 7) is 3.71. The minimum absolute atomic E-state index is 0.229. The minimum Gasteiger partial charge on any atom is -0.289 e. The number of carbonyl (C=O) groups excluding carboxylic acids is 2. The number of nitrogens with one attached hydrogen (secondary N) is 1. The largest absolute Gasteiger partial charge is 0.289 e. The number of benzene rings is 1. The van der Waals surface area contributed by atoms with E-state index in [0.717, 1.165) is 5.56 Å². The maximum Gasteiger partial charge on any atom is 0.255 e. The van der Waals surface area contributed by atoms with Gasteiger partial charge in [0.1, 0.15) is 0 Å². The van der Waals surface area contributed by atoms with Crippen LogP contribution in [0.1, 0.15) is 11.5 Å². The third-order valence-corrected chi connectivity index (χ3v) is 2.51. The van der Waals surface area contributed by atoms with Crippen molar-refractivity contribution >= 4 is 11.8 Å². The molecule has 0 aliphatic carbocycles. The van der Waals surface area contributed by atoms with Gasteiger partial charge in [0, 0.05) is 17.6 Å². The molecular formula is C13H11NO2. The van der Waals surface area contributed by atoms with Gasteiger partial charge in [-0.25, -0.2) is 0 Å². The van der Waals surface area contributed by atoms with Gasteiger partial charge in [0.2, 0.25) is 0 Å². The van der Waals surface area contributed by atoms with E-state index < -0.39 is 0 Å². The zero-order chi connectivity index (χ0) is 11.5. The summed E-state index contributed by atoms with van der Waals surface area (Å²) < 4.78 is 0. The summed E-state index contributed by atoms with van der Waals surface area (Å²) in [7, 11) is 0. The van der Waals surface area contributed by atoms with Crippen LogP contribution in [0.2, 0.25) is 0 Å². The average Bonchev–Trinajstić information content (AvgIpc) is 2.61. The van der Waals surface area contributed by atoms with E-state index in [4.69, 9.17) is 0 Å². The predicted molar refractivity (Wildman–Crippen MR) is 60.6 cm³/mol. The van der Waals surface area contributed by atoms with Crippen LogP contribution in [-0.2, 0) is 9.59 Å². The molecule has 16 heavy (non-hydrogen) atoms. The number of rotatable bonds is 3. The van der Waals surface area contributed by atoms with Crippen LogP contribution >= 0.6 is 0 Å². The molecule has 0 bridgehead atoms. The lowest BCUT2D eigenvalue weighted by Gasteiger charge is -2.12. The first-order valence-electron chi connectivity index (χ1n) is 4.97. The maximum absolute atomic E-state index is 11.5. The lowest BCUT2D eigenvalue weighted by atomic mass is 9.91. The Balaban J connectivity index is 2.38. The highest BCUT2D eigenvalue weighted by atomic mass is 16.2. The highest BCUT2D eigenvalue weighted by molar-refractivity contribution is 6.17. The van der Waals surface area contributed by atoms with Gasteiger partial charge in [-0.3, -0.25) is 14.9 Å². The van der Waals surface area contributed by atoms with Crippen molar-refractivity contribution in [2.24, 2.45) is 0 Å². The van der Waals surface area contributed by atoms with Crippen LogP contribution < -0.4 is 5.32 Å². The Morgan fingerprint density at radius 1 is 1.19 bits per heavy atom. The van der Waals surface area contributed by atoms with Gasteiger partial charge in [-0.1, -0.05) is 36.4 Å². The number of amides is 2. The van der Waals surface area contributed by atoms with E-state index in [1.165, 1.54) is 6.08 Å². The molecule has 1 aliphatic rings. The quantitative estimate of drug-likeness (QED) is 0.611. The van der Waals surface area contributed by atoms with E-state index in [-0.39, 0.29) is 17.7 Å². The van der Waals surface area contributed by atoms with Crippen molar-refractivity contribution in [2.45, 2.75) is 5.92 Å². The van der Waals surface area contributed by atoms with E-state index in [2.05, 4.69) is 11.9 Å². The first-order chi connectivity index (χ1) is 7.72. The summed E-state index contributed by atoms with van der Waals surface area (Å²) in [5, 5.41) is 2.23. The Morgan fingerprint density at radius 3 is 2.38 bits per heavy atom. The molecule has 3 nitrogen and oxygen atoms in total. The average molecular weight is 213 g/mol. The van der Waals surface area contributed by atoms with Crippen molar-refractivity contribution in [3.63, 3.8) is 0 Å². The number of carbonyl (C=O) groups is 2. The van der Waals surface area contributed by atoms with Gasteiger partial charge < -0.3 is 0 Å². The molecule has 1 atom stereocenters. The Labute approximate surface area is 93.5 Å². The lowest BCUT2D eigenvalue weighted by Crippen LogP contribution is -2.23. The normalized spacial score (nSPS) is 16.6. The molecule has 2 amide bonds. The molecule has 1 aromatic rings. The standard InChI is InChI=1S/C13H11NO2/c1-2-10(9-6-4-3-5-7-9)11-8-12(15)14-13(11)16/h2-8,10H,1H2,(H,14,15,16). The SMILES string of the molecule is C=CC(C1=CC(=O)NC1=O)c1ccccc1. The fourth-order valence-electron chi connectivity index (χ4n) is 1.76. The third kappa shape index (κ3) is 1.80. The number of hydrogen-bond donors (Lipinski definition) is 1. The zero-order valence-electron chi connectivity index (χ0n) is 8.64. The molecule has 0 spiro atoms. The summed E-state index contributed by atoms with van der Waals surface area (Å²) in [6.07, 6.45) is 3.00. The van der Waals surface area contributed by atoms with Crippen LogP contribution in [0.4, 0.5) is 0 Å². The summed E-state index contributed by atoms with van der Waals surface area (Å²) >= 11 is 0. The van der Waals surface area contributed by atoms with Crippen molar-refractivity contribution < 1.29 is 9.59 Å². The second-order valence-electron chi connectivity index (χ2n) is 3.54. The molecular weight excluding hydrogens is 202 g/mol. The van der Waals surface area contributed by atoms with Crippen molar-refractivity contribution in [1.82, 2.24) is 5.32 Å². The molecule has 1 N–H and O–H groups in total. The first-order valence-corrected chi connectivity index (χ1v) is 4.97. The molecule has 3 heteroatoms. The van der Waals surface area contributed by atoms with E-state index >= 15 is 0 Å². The molecule has 0 saturated carbocycles. The molecule has 1 heterocycles.